The van der Waals surface area contributed by atoms with Gasteiger partial charge in [0.25, 0.3) is 5.91 Å². The fraction of sp³-hybridized carbons (Fsp3) is 0.312. The molecule has 6 rings (SSSR count). The lowest BCUT2D eigenvalue weighted by Gasteiger charge is -2.51. The standard InChI is InChI=1S/C32H32ClN3O4/c1-19(2)40-26-14-13-20(15-27(26)39-4)23-17-36-28(37)18-35(16-21-9-5-7-11-24(21)33)31(38)32(36,3)30-29(23)22-10-6-8-12-25(22)34-30/h5-15,19,23,34H,16-18H2,1-4H3. The molecule has 0 radical (unpaired) electrons. The molecule has 0 aliphatic carbocycles. The highest BCUT2D eigenvalue weighted by molar-refractivity contribution is 6.31. The lowest BCUT2D eigenvalue weighted by atomic mass is 9.76. The van der Waals surface area contributed by atoms with Crippen molar-refractivity contribution in [1.29, 1.82) is 0 Å². The Morgan fingerprint density at radius 1 is 1.05 bits per heavy atom. The molecule has 2 atom stereocenters. The van der Waals surface area contributed by atoms with Crippen molar-refractivity contribution in [3.8, 4) is 11.5 Å². The van der Waals surface area contributed by atoms with Crippen LogP contribution in [-0.2, 0) is 21.7 Å². The van der Waals surface area contributed by atoms with E-state index in [1.54, 1.807) is 23.0 Å². The lowest BCUT2D eigenvalue weighted by molar-refractivity contribution is -0.166. The number of H-pyrrole nitrogens is 1. The topological polar surface area (TPSA) is 74.9 Å². The second-order valence-electron chi connectivity index (χ2n) is 10.9. The van der Waals surface area contributed by atoms with E-state index in [0.717, 1.165) is 33.3 Å². The van der Waals surface area contributed by atoms with Gasteiger partial charge in [0.05, 0.1) is 18.9 Å². The maximum Gasteiger partial charge on any atom is 0.255 e. The third-order valence-electron chi connectivity index (χ3n) is 8.09. The molecule has 1 N–H and O–H groups in total. The van der Waals surface area contributed by atoms with Crippen molar-refractivity contribution in [3.05, 3.63) is 94.1 Å². The fourth-order valence-electron chi connectivity index (χ4n) is 6.19. The quantitative estimate of drug-likeness (QED) is 0.323. The number of amides is 2. The van der Waals surface area contributed by atoms with Gasteiger partial charge in [-0.3, -0.25) is 9.59 Å². The minimum absolute atomic E-state index is 0.000977. The van der Waals surface area contributed by atoms with Gasteiger partial charge in [0.15, 0.2) is 17.0 Å². The molecule has 4 aromatic rings. The number of nitrogens with one attached hydrogen (secondary N) is 1. The summed E-state index contributed by atoms with van der Waals surface area (Å²) in [7, 11) is 1.63. The third-order valence-corrected chi connectivity index (χ3v) is 8.46. The fourth-order valence-corrected chi connectivity index (χ4v) is 6.38. The van der Waals surface area contributed by atoms with E-state index >= 15 is 0 Å². The Kier molecular flexibility index (Phi) is 6.50. The summed E-state index contributed by atoms with van der Waals surface area (Å²) < 4.78 is 11.6. The van der Waals surface area contributed by atoms with E-state index in [2.05, 4.69) is 11.1 Å². The molecule has 40 heavy (non-hydrogen) atoms. The van der Waals surface area contributed by atoms with Crippen LogP contribution in [0.25, 0.3) is 10.9 Å². The lowest BCUT2D eigenvalue weighted by Crippen LogP contribution is -2.67. The van der Waals surface area contributed by atoms with Gasteiger partial charge in [0.1, 0.15) is 6.54 Å². The number of ether oxygens (including phenoxy) is 2. The third kappa shape index (κ3) is 4.11. The highest BCUT2D eigenvalue weighted by atomic mass is 35.5. The molecule has 1 saturated heterocycles. The highest BCUT2D eigenvalue weighted by Gasteiger charge is 2.56. The summed E-state index contributed by atoms with van der Waals surface area (Å²) in [5.74, 6) is 0.896. The van der Waals surface area contributed by atoms with Crippen LogP contribution < -0.4 is 9.47 Å². The molecule has 0 bridgehead atoms. The summed E-state index contributed by atoms with van der Waals surface area (Å²) in [5.41, 5.74) is 3.30. The zero-order chi connectivity index (χ0) is 28.2. The molecule has 1 aromatic heterocycles. The first-order valence-corrected chi connectivity index (χ1v) is 13.9. The maximum atomic E-state index is 14.3. The van der Waals surface area contributed by atoms with Crippen LogP contribution in [-0.4, -0.2) is 52.9 Å². The number of fused-ring (bicyclic) bond motifs is 5. The van der Waals surface area contributed by atoms with Crippen LogP contribution in [0.1, 0.15) is 49.1 Å². The van der Waals surface area contributed by atoms with E-state index in [-0.39, 0.29) is 36.9 Å². The summed E-state index contributed by atoms with van der Waals surface area (Å²) in [6.07, 6.45) is 0.000977. The number of para-hydroxylation sites is 1. The molecule has 2 unspecified atom stereocenters. The number of aromatic amines is 1. The molecule has 1 fully saturated rings. The van der Waals surface area contributed by atoms with Crippen molar-refractivity contribution in [2.75, 3.05) is 20.2 Å². The highest BCUT2D eigenvalue weighted by Crippen LogP contribution is 2.49. The molecule has 2 amide bonds. The number of nitrogens with zero attached hydrogens (tertiary/aromatic N) is 2. The van der Waals surface area contributed by atoms with Crippen molar-refractivity contribution in [1.82, 2.24) is 14.8 Å². The van der Waals surface area contributed by atoms with E-state index in [0.29, 0.717) is 23.1 Å². The van der Waals surface area contributed by atoms with Crippen LogP contribution >= 0.6 is 11.6 Å². The Hall–Kier alpha value is -3.97. The number of benzene rings is 3. The van der Waals surface area contributed by atoms with Gasteiger partial charge in [-0.25, -0.2) is 0 Å². The van der Waals surface area contributed by atoms with Gasteiger partial charge in [-0.05, 0) is 61.7 Å². The Bertz CT molecular complexity index is 1630. The van der Waals surface area contributed by atoms with E-state index in [1.165, 1.54) is 0 Å². The molecule has 2 aliphatic heterocycles. The summed E-state index contributed by atoms with van der Waals surface area (Å²) in [5, 5.41) is 1.61. The largest absolute Gasteiger partial charge is 0.493 e. The van der Waals surface area contributed by atoms with E-state index in [4.69, 9.17) is 21.1 Å². The number of methoxy groups -OCH3 is 1. The molecule has 7 nitrogen and oxygen atoms in total. The molecule has 3 aromatic carbocycles. The Balaban J connectivity index is 1.48. The summed E-state index contributed by atoms with van der Waals surface area (Å²) in [6, 6.07) is 21.4. The predicted octanol–water partition coefficient (Wildman–Crippen LogP) is 5.85. The average molecular weight is 558 g/mol. The van der Waals surface area contributed by atoms with Gasteiger partial charge in [-0.2, -0.15) is 0 Å². The number of halogens is 1. The van der Waals surface area contributed by atoms with Gasteiger partial charge in [0, 0.05) is 34.9 Å². The van der Waals surface area contributed by atoms with Gasteiger partial charge in [0.2, 0.25) is 5.91 Å². The SMILES string of the molecule is COc1cc(C2CN3C(=O)CN(Cc4ccccc4Cl)C(=O)C3(C)c3[nH]c4ccccc4c32)ccc1OC(C)C. The minimum Gasteiger partial charge on any atom is -0.493 e. The molecular weight excluding hydrogens is 526 g/mol. The number of rotatable bonds is 6. The van der Waals surface area contributed by atoms with Crippen LogP contribution in [0.15, 0.2) is 66.7 Å². The first-order chi connectivity index (χ1) is 19.2. The van der Waals surface area contributed by atoms with E-state index in [9.17, 15) is 9.59 Å². The Labute approximate surface area is 238 Å². The number of carbonyl (C=O) groups excluding carboxylic acids is 2. The summed E-state index contributed by atoms with van der Waals surface area (Å²) in [6.45, 7) is 6.43. The van der Waals surface area contributed by atoms with Crippen molar-refractivity contribution >= 4 is 34.3 Å². The number of hydrogen-bond donors (Lipinski definition) is 1. The van der Waals surface area contributed by atoms with Crippen LogP contribution in [0.4, 0.5) is 0 Å². The normalized spacial score (nSPS) is 20.6. The van der Waals surface area contributed by atoms with Gasteiger partial charge in [-0.1, -0.05) is 54.1 Å². The van der Waals surface area contributed by atoms with Crippen molar-refractivity contribution in [2.45, 2.75) is 44.9 Å². The number of carbonyl (C=O) groups is 2. The van der Waals surface area contributed by atoms with Crippen molar-refractivity contribution < 1.29 is 19.1 Å². The predicted molar refractivity (Wildman–Crippen MR) is 155 cm³/mol. The Morgan fingerprint density at radius 2 is 1.80 bits per heavy atom. The number of hydrogen-bond acceptors (Lipinski definition) is 4. The van der Waals surface area contributed by atoms with Crippen molar-refractivity contribution in [3.63, 3.8) is 0 Å². The molecule has 2 aliphatic rings. The van der Waals surface area contributed by atoms with Gasteiger partial charge >= 0.3 is 0 Å². The second-order valence-corrected chi connectivity index (χ2v) is 11.3. The van der Waals surface area contributed by atoms with Crippen LogP contribution in [0.3, 0.4) is 0 Å². The minimum atomic E-state index is -1.19. The average Bonchev–Trinajstić information content (AvgIpc) is 3.34. The molecule has 206 valence electrons. The van der Waals surface area contributed by atoms with Crippen LogP contribution in [0.2, 0.25) is 5.02 Å². The molecule has 0 spiro atoms. The van der Waals surface area contributed by atoms with E-state index in [1.807, 2.05) is 75.4 Å². The van der Waals surface area contributed by atoms with E-state index < -0.39 is 5.54 Å². The van der Waals surface area contributed by atoms with Crippen molar-refractivity contribution in [2.24, 2.45) is 0 Å². The Morgan fingerprint density at radius 3 is 2.55 bits per heavy atom. The van der Waals surface area contributed by atoms with Gasteiger partial charge in [-0.15, -0.1) is 0 Å². The smallest absolute Gasteiger partial charge is 0.255 e. The zero-order valence-corrected chi connectivity index (χ0v) is 23.8. The molecular formula is C32H32ClN3O4. The number of aromatic nitrogens is 1. The number of piperazine rings is 1. The molecule has 8 heteroatoms. The zero-order valence-electron chi connectivity index (χ0n) is 23.0. The first kappa shape index (κ1) is 26.3. The van der Waals surface area contributed by atoms with Crippen LogP contribution in [0, 0.1) is 0 Å². The maximum absolute atomic E-state index is 14.3. The monoisotopic (exact) mass is 557 g/mol. The summed E-state index contributed by atoms with van der Waals surface area (Å²) >= 11 is 6.43. The first-order valence-electron chi connectivity index (χ1n) is 13.5. The molecule has 3 heterocycles. The van der Waals surface area contributed by atoms with Crippen LogP contribution in [0.5, 0.6) is 11.5 Å². The molecule has 0 saturated carbocycles. The summed E-state index contributed by atoms with van der Waals surface area (Å²) in [4.78, 5) is 35.0. The second kappa shape index (κ2) is 9.89. The van der Waals surface area contributed by atoms with Gasteiger partial charge < -0.3 is 24.3 Å².